The molecule has 0 aromatic heterocycles. The van der Waals surface area contributed by atoms with Crippen LogP contribution in [0.4, 0.5) is 10.1 Å². The van der Waals surface area contributed by atoms with Gasteiger partial charge in [0.2, 0.25) is 0 Å². The zero-order valence-electron chi connectivity index (χ0n) is 8.09. The Morgan fingerprint density at radius 1 is 1.21 bits per heavy atom. The number of nitrogen functional groups attached to an aromatic ring is 1. The lowest BCUT2D eigenvalue weighted by Gasteiger charge is -2.24. The first-order chi connectivity index (χ1) is 6.62. The van der Waals surface area contributed by atoms with Crippen LogP contribution in [0, 0.1) is 5.82 Å². The van der Waals surface area contributed by atoms with Crippen molar-refractivity contribution in [1.29, 1.82) is 0 Å². The molecule has 1 aromatic rings. The fraction of sp³-hybridized carbons (Fsp3) is 0.455. The second kappa shape index (κ2) is 3.24. The van der Waals surface area contributed by atoms with Gasteiger partial charge in [-0.1, -0.05) is 18.9 Å². The molecule has 1 fully saturated rings. The summed E-state index contributed by atoms with van der Waals surface area (Å²) in [4.78, 5) is 0. The van der Waals surface area contributed by atoms with Gasteiger partial charge < -0.3 is 11.5 Å². The van der Waals surface area contributed by atoms with Crippen LogP contribution in [0.2, 0.25) is 0 Å². The van der Waals surface area contributed by atoms with Crippen molar-refractivity contribution in [1.82, 2.24) is 0 Å². The van der Waals surface area contributed by atoms with Gasteiger partial charge in [-0.2, -0.15) is 0 Å². The number of benzene rings is 1. The minimum Gasteiger partial charge on any atom is -0.396 e. The first kappa shape index (κ1) is 9.46. The van der Waals surface area contributed by atoms with Gasteiger partial charge in [0.15, 0.2) is 0 Å². The molecule has 0 radical (unpaired) electrons. The molecule has 0 aliphatic heterocycles. The van der Waals surface area contributed by atoms with E-state index in [-0.39, 0.29) is 17.0 Å². The van der Waals surface area contributed by atoms with Gasteiger partial charge in [0.05, 0.1) is 5.69 Å². The van der Waals surface area contributed by atoms with Crippen LogP contribution in [0.25, 0.3) is 0 Å². The van der Waals surface area contributed by atoms with E-state index in [2.05, 4.69) is 0 Å². The quantitative estimate of drug-likeness (QED) is 0.673. The normalized spacial score (nSPS) is 19.9. The number of rotatable bonds is 1. The molecule has 76 valence electrons. The van der Waals surface area contributed by atoms with Gasteiger partial charge in [0.1, 0.15) is 5.82 Å². The molecule has 0 heterocycles. The summed E-state index contributed by atoms with van der Waals surface area (Å²) in [5, 5.41) is 0. The lowest BCUT2D eigenvalue weighted by Crippen LogP contribution is -2.33. The second-order valence-corrected chi connectivity index (χ2v) is 4.10. The third-order valence-electron chi connectivity index (χ3n) is 3.07. The van der Waals surface area contributed by atoms with Crippen LogP contribution in [0.5, 0.6) is 0 Å². The summed E-state index contributed by atoms with van der Waals surface area (Å²) in [6.45, 7) is 0. The molecule has 14 heavy (non-hydrogen) atoms. The zero-order valence-corrected chi connectivity index (χ0v) is 8.09. The SMILES string of the molecule is Nc1cc(C2(N)CCCC2)ccc1F. The Bertz CT molecular complexity index is 343. The smallest absolute Gasteiger partial charge is 0.146 e. The third-order valence-corrected chi connectivity index (χ3v) is 3.07. The maximum Gasteiger partial charge on any atom is 0.146 e. The molecule has 0 atom stereocenters. The summed E-state index contributed by atoms with van der Waals surface area (Å²) in [6, 6.07) is 4.81. The van der Waals surface area contributed by atoms with Crippen LogP contribution in [-0.4, -0.2) is 0 Å². The average Bonchev–Trinajstić information content (AvgIpc) is 2.58. The number of nitrogens with two attached hydrogens (primary N) is 2. The van der Waals surface area contributed by atoms with Gasteiger partial charge in [0.25, 0.3) is 0 Å². The minimum absolute atomic E-state index is 0.194. The molecular weight excluding hydrogens is 179 g/mol. The topological polar surface area (TPSA) is 52.0 Å². The first-order valence-electron chi connectivity index (χ1n) is 4.96. The number of hydrogen-bond donors (Lipinski definition) is 2. The van der Waals surface area contributed by atoms with Gasteiger partial charge in [-0.15, -0.1) is 0 Å². The molecule has 4 N–H and O–H groups in total. The molecule has 2 rings (SSSR count). The lowest BCUT2D eigenvalue weighted by molar-refractivity contribution is 0.461. The van der Waals surface area contributed by atoms with Crippen molar-refractivity contribution in [2.75, 3.05) is 5.73 Å². The summed E-state index contributed by atoms with van der Waals surface area (Å²) in [6.07, 6.45) is 4.23. The summed E-state index contributed by atoms with van der Waals surface area (Å²) in [5.74, 6) is -0.365. The van der Waals surface area contributed by atoms with Crippen molar-refractivity contribution in [2.24, 2.45) is 5.73 Å². The highest BCUT2D eigenvalue weighted by atomic mass is 19.1. The lowest BCUT2D eigenvalue weighted by atomic mass is 9.89. The van der Waals surface area contributed by atoms with E-state index in [1.54, 1.807) is 12.1 Å². The Balaban J connectivity index is 2.36. The van der Waals surface area contributed by atoms with Crippen molar-refractivity contribution in [3.05, 3.63) is 29.6 Å². The highest BCUT2D eigenvalue weighted by Crippen LogP contribution is 2.36. The first-order valence-corrected chi connectivity index (χ1v) is 4.96. The Morgan fingerprint density at radius 3 is 2.43 bits per heavy atom. The maximum absolute atomic E-state index is 12.9. The van der Waals surface area contributed by atoms with Crippen LogP contribution in [0.3, 0.4) is 0 Å². The minimum atomic E-state index is -0.365. The molecule has 0 amide bonds. The van der Waals surface area contributed by atoms with E-state index in [0.717, 1.165) is 31.2 Å². The maximum atomic E-state index is 12.9. The van der Waals surface area contributed by atoms with Gasteiger partial charge in [-0.05, 0) is 30.5 Å². The van der Waals surface area contributed by atoms with Crippen LogP contribution < -0.4 is 11.5 Å². The van der Waals surface area contributed by atoms with Gasteiger partial charge in [-0.3, -0.25) is 0 Å². The molecule has 1 aliphatic rings. The molecule has 0 saturated heterocycles. The zero-order chi connectivity index (χ0) is 10.2. The molecule has 0 bridgehead atoms. The van der Waals surface area contributed by atoms with Gasteiger partial charge in [0, 0.05) is 5.54 Å². The van der Waals surface area contributed by atoms with E-state index >= 15 is 0 Å². The second-order valence-electron chi connectivity index (χ2n) is 4.10. The predicted molar refractivity (Wildman–Crippen MR) is 55.1 cm³/mol. The Labute approximate surface area is 83.1 Å². The van der Waals surface area contributed by atoms with E-state index in [9.17, 15) is 4.39 Å². The predicted octanol–water partition coefficient (Wildman–Crippen LogP) is 2.14. The largest absolute Gasteiger partial charge is 0.396 e. The number of halogens is 1. The fourth-order valence-corrected chi connectivity index (χ4v) is 2.15. The Morgan fingerprint density at radius 2 is 1.86 bits per heavy atom. The van der Waals surface area contributed by atoms with E-state index in [1.165, 1.54) is 6.07 Å². The standard InChI is InChI=1S/C11H15FN2/c12-9-4-3-8(7-10(9)13)11(14)5-1-2-6-11/h3-4,7H,1-2,5-6,13-14H2. The van der Waals surface area contributed by atoms with E-state index < -0.39 is 0 Å². The van der Waals surface area contributed by atoms with E-state index in [0.29, 0.717) is 0 Å². The third kappa shape index (κ3) is 1.48. The highest BCUT2D eigenvalue weighted by Gasteiger charge is 2.31. The molecule has 0 unspecified atom stereocenters. The molecule has 1 saturated carbocycles. The molecule has 1 aromatic carbocycles. The summed E-state index contributed by atoms with van der Waals surface area (Å²) in [7, 11) is 0. The summed E-state index contributed by atoms with van der Waals surface area (Å²) < 4.78 is 12.9. The van der Waals surface area contributed by atoms with Crippen LogP contribution in [-0.2, 0) is 5.54 Å². The number of anilines is 1. The van der Waals surface area contributed by atoms with Crippen LogP contribution in [0.15, 0.2) is 18.2 Å². The molecular formula is C11H15FN2. The van der Waals surface area contributed by atoms with E-state index in [4.69, 9.17) is 11.5 Å². The van der Waals surface area contributed by atoms with Crippen LogP contribution >= 0.6 is 0 Å². The van der Waals surface area contributed by atoms with Gasteiger partial charge in [-0.25, -0.2) is 4.39 Å². The van der Waals surface area contributed by atoms with Crippen molar-refractivity contribution in [2.45, 2.75) is 31.2 Å². The van der Waals surface area contributed by atoms with Crippen molar-refractivity contribution in [3.8, 4) is 0 Å². The average molecular weight is 194 g/mol. The molecule has 1 aliphatic carbocycles. The fourth-order valence-electron chi connectivity index (χ4n) is 2.15. The van der Waals surface area contributed by atoms with Crippen molar-refractivity contribution < 1.29 is 4.39 Å². The Hall–Kier alpha value is -1.09. The Kier molecular flexibility index (Phi) is 2.19. The van der Waals surface area contributed by atoms with Crippen molar-refractivity contribution >= 4 is 5.69 Å². The number of hydrogen-bond acceptors (Lipinski definition) is 2. The monoisotopic (exact) mass is 194 g/mol. The van der Waals surface area contributed by atoms with E-state index in [1.807, 2.05) is 0 Å². The van der Waals surface area contributed by atoms with Gasteiger partial charge >= 0.3 is 0 Å². The summed E-state index contributed by atoms with van der Waals surface area (Å²) in [5.41, 5.74) is 12.6. The molecule has 3 heteroatoms. The summed E-state index contributed by atoms with van der Waals surface area (Å²) >= 11 is 0. The van der Waals surface area contributed by atoms with Crippen molar-refractivity contribution in [3.63, 3.8) is 0 Å². The highest BCUT2D eigenvalue weighted by molar-refractivity contribution is 5.44. The molecule has 0 spiro atoms. The van der Waals surface area contributed by atoms with Crippen LogP contribution in [0.1, 0.15) is 31.2 Å². The molecule has 2 nitrogen and oxygen atoms in total.